The van der Waals surface area contributed by atoms with Crippen molar-refractivity contribution in [2.45, 2.75) is 13.0 Å². The van der Waals surface area contributed by atoms with Gasteiger partial charge in [-0.1, -0.05) is 18.2 Å². The van der Waals surface area contributed by atoms with Gasteiger partial charge < -0.3 is 19.9 Å². The Labute approximate surface area is 166 Å². The molecule has 5 heteroatoms. The number of nitrogens with one attached hydrogen (secondary N) is 2. The number of aromatic amines is 1. The van der Waals surface area contributed by atoms with E-state index in [9.17, 15) is 4.79 Å². The number of ether oxygens (including phenoxy) is 1. The molecular formula is C23H27N3O2. The zero-order chi connectivity index (χ0) is 19.9. The fraction of sp³-hybridized carbons (Fsp3) is 0.261. The van der Waals surface area contributed by atoms with Crippen molar-refractivity contribution in [1.82, 2.24) is 15.2 Å². The number of methoxy groups -OCH3 is 1. The molecule has 0 saturated carbocycles. The molecule has 0 radical (unpaired) electrons. The van der Waals surface area contributed by atoms with Gasteiger partial charge in [-0.3, -0.25) is 4.79 Å². The maximum absolute atomic E-state index is 12.1. The van der Waals surface area contributed by atoms with Crippen molar-refractivity contribution in [3.05, 3.63) is 71.4 Å². The normalized spacial score (nSPS) is 11.4. The van der Waals surface area contributed by atoms with Crippen LogP contribution < -0.4 is 10.1 Å². The zero-order valence-electron chi connectivity index (χ0n) is 16.7. The van der Waals surface area contributed by atoms with E-state index >= 15 is 0 Å². The number of fused-ring (bicyclic) bond motifs is 1. The molecule has 0 saturated heterocycles. The van der Waals surface area contributed by atoms with Crippen molar-refractivity contribution in [2.24, 2.45) is 0 Å². The molecule has 2 N–H and O–H groups in total. The number of nitrogens with zero attached hydrogens (tertiary/aromatic N) is 1. The Morgan fingerprint density at radius 3 is 2.68 bits per heavy atom. The number of amides is 1. The summed E-state index contributed by atoms with van der Waals surface area (Å²) in [6, 6.07) is 13.9. The van der Waals surface area contributed by atoms with Gasteiger partial charge in [-0.05, 0) is 67.5 Å². The smallest absolute Gasteiger partial charge is 0.244 e. The van der Waals surface area contributed by atoms with Gasteiger partial charge in [-0.25, -0.2) is 0 Å². The van der Waals surface area contributed by atoms with E-state index in [0.717, 1.165) is 35.4 Å². The molecule has 146 valence electrons. The summed E-state index contributed by atoms with van der Waals surface area (Å²) in [4.78, 5) is 17.6. The monoisotopic (exact) mass is 377 g/mol. The number of hydrogen-bond acceptors (Lipinski definition) is 3. The molecule has 1 amide bonds. The van der Waals surface area contributed by atoms with Crippen molar-refractivity contribution in [2.75, 3.05) is 27.7 Å². The molecule has 0 aliphatic rings. The van der Waals surface area contributed by atoms with Crippen LogP contribution in [0.25, 0.3) is 17.0 Å². The summed E-state index contributed by atoms with van der Waals surface area (Å²) < 4.78 is 5.14. The largest absolute Gasteiger partial charge is 0.497 e. The topological polar surface area (TPSA) is 57.4 Å². The van der Waals surface area contributed by atoms with Crippen LogP contribution in [0.5, 0.6) is 5.75 Å². The van der Waals surface area contributed by atoms with Crippen LogP contribution in [0.2, 0.25) is 0 Å². The van der Waals surface area contributed by atoms with Crippen molar-refractivity contribution < 1.29 is 9.53 Å². The van der Waals surface area contributed by atoms with Crippen LogP contribution >= 0.6 is 0 Å². The maximum Gasteiger partial charge on any atom is 0.244 e. The fourth-order valence-corrected chi connectivity index (χ4v) is 3.01. The SMILES string of the molecule is COc1ccc(CNC(=O)C=Cc2ccc3[nH]cc(CCN(C)C)c3c2)cc1. The second kappa shape index (κ2) is 9.24. The van der Waals surface area contributed by atoms with E-state index in [1.54, 1.807) is 13.2 Å². The standard InChI is InChI=1S/C23H27N3O2/c1-26(2)13-12-19-16-24-22-10-6-17(14-21(19)22)7-11-23(27)25-15-18-4-8-20(28-3)9-5-18/h4-11,14,16,24H,12-13,15H2,1-3H3,(H,25,27). The Morgan fingerprint density at radius 2 is 1.96 bits per heavy atom. The summed E-state index contributed by atoms with van der Waals surface area (Å²) in [6.45, 7) is 1.49. The van der Waals surface area contributed by atoms with Gasteiger partial charge in [0.2, 0.25) is 5.91 Å². The number of benzene rings is 2. The molecule has 0 bridgehead atoms. The van der Waals surface area contributed by atoms with Gasteiger partial charge in [-0.2, -0.15) is 0 Å². The van der Waals surface area contributed by atoms with E-state index in [1.165, 1.54) is 10.9 Å². The van der Waals surface area contributed by atoms with E-state index < -0.39 is 0 Å². The number of hydrogen-bond donors (Lipinski definition) is 2. The van der Waals surface area contributed by atoms with Gasteiger partial charge in [0.25, 0.3) is 0 Å². The first-order chi connectivity index (χ1) is 13.5. The Kier molecular flexibility index (Phi) is 6.50. The third kappa shape index (κ3) is 5.24. The lowest BCUT2D eigenvalue weighted by atomic mass is 10.1. The molecule has 0 aliphatic heterocycles. The lowest BCUT2D eigenvalue weighted by Gasteiger charge is -2.08. The van der Waals surface area contributed by atoms with Gasteiger partial charge in [0.05, 0.1) is 7.11 Å². The maximum atomic E-state index is 12.1. The molecule has 0 unspecified atom stereocenters. The van der Waals surface area contributed by atoms with Crippen LogP contribution in [0.15, 0.2) is 54.7 Å². The van der Waals surface area contributed by atoms with Crippen molar-refractivity contribution in [1.29, 1.82) is 0 Å². The van der Waals surface area contributed by atoms with Crippen LogP contribution in [0.4, 0.5) is 0 Å². The van der Waals surface area contributed by atoms with Crippen molar-refractivity contribution >= 4 is 22.9 Å². The summed E-state index contributed by atoms with van der Waals surface area (Å²) in [7, 11) is 5.79. The lowest BCUT2D eigenvalue weighted by Crippen LogP contribution is -2.20. The number of carbonyl (C=O) groups is 1. The first kappa shape index (κ1) is 19.7. The lowest BCUT2D eigenvalue weighted by molar-refractivity contribution is -0.116. The van der Waals surface area contributed by atoms with Gasteiger partial charge in [0, 0.05) is 36.3 Å². The van der Waals surface area contributed by atoms with Crippen LogP contribution in [0, 0.1) is 0 Å². The van der Waals surface area contributed by atoms with Gasteiger partial charge in [0.15, 0.2) is 0 Å². The molecule has 1 aromatic heterocycles. The summed E-state index contributed by atoms with van der Waals surface area (Å²) in [6.07, 6.45) is 6.49. The molecule has 0 atom stereocenters. The predicted octanol–water partition coefficient (Wildman–Crippen LogP) is 3.61. The molecule has 1 heterocycles. The third-order valence-corrected chi connectivity index (χ3v) is 4.67. The third-order valence-electron chi connectivity index (χ3n) is 4.67. The van der Waals surface area contributed by atoms with E-state index in [4.69, 9.17) is 4.74 Å². The van der Waals surface area contributed by atoms with Crippen LogP contribution in [0.3, 0.4) is 0 Å². The van der Waals surface area contributed by atoms with E-state index in [1.807, 2.05) is 36.4 Å². The average Bonchev–Trinajstić information content (AvgIpc) is 3.11. The van der Waals surface area contributed by atoms with Crippen LogP contribution in [-0.4, -0.2) is 43.5 Å². The first-order valence-corrected chi connectivity index (χ1v) is 9.39. The average molecular weight is 377 g/mol. The first-order valence-electron chi connectivity index (χ1n) is 9.39. The highest BCUT2D eigenvalue weighted by molar-refractivity contribution is 5.93. The summed E-state index contributed by atoms with van der Waals surface area (Å²) >= 11 is 0. The highest BCUT2D eigenvalue weighted by atomic mass is 16.5. The van der Waals surface area contributed by atoms with Gasteiger partial charge in [-0.15, -0.1) is 0 Å². The Bertz CT molecular complexity index is 956. The van der Waals surface area contributed by atoms with E-state index in [-0.39, 0.29) is 5.91 Å². The number of carbonyl (C=O) groups excluding carboxylic acids is 1. The van der Waals surface area contributed by atoms with E-state index in [0.29, 0.717) is 6.54 Å². The van der Waals surface area contributed by atoms with Crippen LogP contribution in [0.1, 0.15) is 16.7 Å². The highest BCUT2D eigenvalue weighted by Crippen LogP contribution is 2.21. The molecule has 28 heavy (non-hydrogen) atoms. The Hall–Kier alpha value is -3.05. The Balaban J connectivity index is 1.61. The zero-order valence-corrected chi connectivity index (χ0v) is 16.7. The molecule has 3 rings (SSSR count). The molecule has 0 spiro atoms. The molecular weight excluding hydrogens is 350 g/mol. The molecule has 3 aromatic rings. The molecule has 5 nitrogen and oxygen atoms in total. The summed E-state index contributed by atoms with van der Waals surface area (Å²) in [5.74, 6) is 0.692. The summed E-state index contributed by atoms with van der Waals surface area (Å²) in [5, 5.41) is 4.12. The number of aromatic nitrogens is 1. The predicted molar refractivity (Wildman–Crippen MR) is 114 cm³/mol. The molecule has 0 fully saturated rings. The molecule has 2 aromatic carbocycles. The minimum absolute atomic E-state index is 0.113. The number of H-pyrrole nitrogens is 1. The van der Waals surface area contributed by atoms with Crippen molar-refractivity contribution in [3.63, 3.8) is 0 Å². The second-order valence-corrected chi connectivity index (χ2v) is 7.07. The number of likely N-dealkylation sites (N-methyl/N-ethyl adjacent to an activating group) is 1. The van der Waals surface area contributed by atoms with E-state index in [2.05, 4.69) is 47.6 Å². The highest BCUT2D eigenvalue weighted by Gasteiger charge is 2.05. The van der Waals surface area contributed by atoms with Crippen molar-refractivity contribution in [3.8, 4) is 5.75 Å². The quantitative estimate of drug-likeness (QED) is 0.590. The minimum atomic E-state index is -0.113. The Morgan fingerprint density at radius 1 is 1.18 bits per heavy atom. The second-order valence-electron chi connectivity index (χ2n) is 7.07. The van der Waals surface area contributed by atoms with Gasteiger partial charge in [0.1, 0.15) is 5.75 Å². The summed E-state index contributed by atoms with van der Waals surface area (Å²) in [5.41, 5.74) is 4.46. The van der Waals surface area contributed by atoms with Gasteiger partial charge >= 0.3 is 0 Å². The van der Waals surface area contributed by atoms with Crippen LogP contribution in [-0.2, 0) is 17.8 Å². The fourth-order valence-electron chi connectivity index (χ4n) is 3.01. The molecule has 0 aliphatic carbocycles. The minimum Gasteiger partial charge on any atom is -0.497 e. The number of rotatable bonds is 8.